The van der Waals surface area contributed by atoms with Crippen molar-refractivity contribution < 1.29 is 4.79 Å². The Labute approximate surface area is 130 Å². The topological polar surface area (TPSA) is 69.6 Å². The molecule has 0 radical (unpaired) electrons. The highest BCUT2D eigenvalue weighted by Gasteiger charge is 2.10. The molecule has 6 nitrogen and oxygen atoms in total. The quantitative estimate of drug-likeness (QED) is 0.612. The zero-order valence-corrected chi connectivity index (χ0v) is 14.3. The number of hydrogen-bond acceptors (Lipinski definition) is 4. The van der Waals surface area contributed by atoms with Crippen LogP contribution in [0.1, 0.15) is 29.7 Å². The van der Waals surface area contributed by atoms with E-state index >= 15 is 0 Å². The van der Waals surface area contributed by atoms with Crippen molar-refractivity contribution in [3.05, 3.63) is 16.1 Å². The van der Waals surface area contributed by atoms with Gasteiger partial charge in [0.05, 0.1) is 5.01 Å². The van der Waals surface area contributed by atoms with E-state index in [-0.39, 0.29) is 12.5 Å². The Morgan fingerprint density at radius 3 is 2.71 bits per heavy atom. The predicted octanol–water partition coefficient (Wildman–Crippen LogP) is 1.20. The average molecular weight is 311 g/mol. The monoisotopic (exact) mass is 311 g/mol. The lowest BCUT2D eigenvalue weighted by Crippen LogP contribution is -2.40. The lowest BCUT2D eigenvalue weighted by molar-refractivity contribution is -0.127. The third kappa shape index (κ3) is 6.12. The molecule has 1 unspecified atom stereocenters. The Balaban J connectivity index is 2.54. The number of nitrogens with one attached hydrogen (secondary N) is 2. The molecule has 1 aromatic rings. The van der Waals surface area contributed by atoms with E-state index in [9.17, 15) is 4.79 Å². The van der Waals surface area contributed by atoms with Gasteiger partial charge in [-0.1, -0.05) is 6.92 Å². The molecule has 7 heteroatoms. The lowest BCUT2D eigenvalue weighted by Gasteiger charge is -2.15. The second kappa shape index (κ2) is 8.61. The fourth-order valence-electron chi connectivity index (χ4n) is 1.57. The zero-order chi connectivity index (χ0) is 15.8. The van der Waals surface area contributed by atoms with Crippen LogP contribution >= 0.6 is 11.3 Å². The van der Waals surface area contributed by atoms with E-state index in [2.05, 4.69) is 34.5 Å². The number of nitrogens with zero attached hydrogens (tertiary/aromatic N) is 3. The molecule has 1 amide bonds. The second-order valence-electron chi connectivity index (χ2n) is 5.07. The van der Waals surface area contributed by atoms with Gasteiger partial charge >= 0.3 is 0 Å². The van der Waals surface area contributed by atoms with Crippen molar-refractivity contribution in [3.63, 3.8) is 0 Å². The molecule has 0 spiro atoms. The molecule has 0 aromatic carbocycles. The number of thiazole rings is 1. The molecular formula is C14H25N5OS. The number of aliphatic imine (C=N–C) groups is 1. The van der Waals surface area contributed by atoms with Crippen molar-refractivity contribution in [2.45, 2.75) is 26.7 Å². The largest absolute Gasteiger partial charge is 0.357 e. The lowest BCUT2D eigenvalue weighted by atomic mass is 10.2. The maximum Gasteiger partial charge on any atom is 0.243 e. The maximum atomic E-state index is 11.6. The molecule has 0 bridgehead atoms. The van der Waals surface area contributed by atoms with E-state index in [1.807, 2.05) is 13.1 Å². The van der Waals surface area contributed by atoms with Gasteiger partial charge in [0.2, 0.25) is 5.91 Å². The first kappa shape index (κ1) is 17.4. The first-order chi connectivity index (χ1) is 9.93. The van der Waals surface area contributed by atoms with Crippen molar-refractivity contribution in [3.8, 4) is 0 Å². The highest BCUT2D eigenvalue weighted by atomic mass is 32.1. The number of aryl methyl sites for hydroxylation is 1. The molecule has 118 valence electrons. The first-order valence-electron chi connectivity index (χ1n) is 7.08. The summed E-state index contributed by atoms with van der Waals surface area (Å²) < 4.78 is 0. The number of hydrogen-bond donors (Lipinski definition) is 2. The summed E-state index contributed by atoms with van der Waals surface area (Å²) in [7, 11) is 3.45. The van der Waals surface area contributed by atoms with Crippen molar-refractivity contribution in [1.82, 2.24) is 20.5 Å². The summed E-state index contributed by atoms with van der Waals surface area (Å²) in [5.41, 5.74) is 0. The van der Waals surface area contributed by atoms with E-state index in [0.717, 1.165) is 18.1 Å². The minimum Gasteiger partial charge on any atom is -0.357 e. The molecular weight excluding hydrogens is 286 g/mol. The van der Waals surface area contributed by atoms with Gasteiger partial charge in [-0.05, 0) is 13.8 Å². The number of guanidine groups is 1. The van der Waals surface area contributed by atoms with Gasteiger partial charge in [-0.2, -0.15) is 0 Å². The average Bonchev–Trinajstić information content (AvgIpc) is 2.87. The number of carbonyl (C=O) groups is 1. The van der Waals surface area contributed by atoms with Gasteiger partial charge in [-0.15, -0.1) is 11.3 Å². The SMILES string of the molecule is CCNC(=NCC(=O)N(C)C)NCC(C)c1ncc(C)s1. The fraction of sp³-hybridized carbons (Fsp3) is 0.643. The molecule has 0 saturated heterocycles. The third-order valence-electron chi connectivity index (χ3n) is 2.85. The molecule has 0 aliphatic carbocycles. The van der Waals surface area contributed by atoms with E-state index in [4.69, 9.17) is 0 Å². The normalized spacial score (nSPS) is 12.9. The van der Waals surface area contributed by atoms with Crippen LogP contribution in [0.3, 0.4) is 0 Å². The van der Waals surface area contributed by atoms with Crippen LogP contribution in [-0.2, 0) is 4.79 Å². The van der Waals surface area contributed by atoms with Crippen LogP contribution < -0.4 is 10.6 Å². The Kier molecular flexibility index (Phi) is 7.14. The summed E-state index contributed by atoms with van der Waals surface area (Å²) in [4.78, 5) is 23.0. The Morgan fingerprint density at radius 1 is 1.48 bits per heavy atom. The third-order valence-corrected chi connectivity index (χ3v) is 4.00. The molecule has 21 heavy (non-hydrogen) atoms. The Hall–Kier alpha value is -1.63. The van der Waals surface area contributed by atoms with Crippen LogP contribution in [0.15, 0.2) is 11.2 Å². The summed E-state index contributed by atoms with van der Waals surface area (Å²) in [6.07, 6.45) is 1.89. The molecule has 0 saturated carbocycles. The zero-order valence-electron chi connectivity index (χ0n) is 13.4. The number of amides is 1. The summed E-state index contributed by atoms with van der Waals surface area (Å²) >= 11 is 1.71. The second-order valence-corrected chi connectivity index (χ2v) is 6.34. The van der Waals surface area contributed by atoms with Gasteiger partial charge < -0.3 is 15.5 Å². The van der Waals surface area contributed by atoms with Gasteiger partial charge in [0.15, 0.2) is 5.96 Å². The van der Waals surface area contributed by atoms with Gasteiger partial charge in [-0.3, -0.25) is 4.79 Å². The van der Waals surface area contributed by atoms with Gasteiger partial charge in [0.1, 0.15) is 6.54 Å². The highest BCUT2D eigenvalue weighted by Crippen LogP contribution is 2.20. The van der Waals surface area contributed by atoms with E-state index in [1.54, 1.807) is 25.4 Å². The van der Waals surface area contributed by atoms with E-state index in [0.29, 0.717) is 11.9 Å². The smallest absolute Gasteiger partial charge is 0.243 e. The van der Waals surface area contributed by atoms with E-state index < -0.39 is 0 Å². The number of aromatic nitrogens is 1. The summed E-state index contributed by atoms with van der Waals surface area (Å²) in [5, 5.41) is 7.51. The van der Waals surface area contributed by atoms with Crippen molar-refractivity contribution in [1.29, 1.82) is 0 Å². The van der Waals surface area contributed by atoms with Crippen LogP contribution in [0.25, 0.3) is 0 Å². The van der Waals surface area contributed by atoms with Crippen LogP contribution in [-0.4, -0.2) is 55.5 Å². The minimum atomic E-state index is -0.0178. The number of likely N-dealkylation sites (N-methyl/N-ethyl adjacent to an activating group) is 1. The molecule has 1 rings (SSSR count). The fourth-order valence-corrected chi connectivity index (χ4v) is 2.39. The molecule has 0 aliphatic heterocycles. The van der Waals surface area contributed by atoms with Crippen LogP contribution in [0.5, 0.6) is 0 Å². The maximum absolute atomic E-state index is 11.6. The Morgan fingerprint density at radius 2 is 2.19 bits per heavy atom. The van der Waals surface area contributed by atoms with Crippen molar-refractivity contribution >= 4 is 23.2 Å². The predicted molar refractivity (Wildman–Crippen MR) is 87.9 cm³/mol. The molecule has 1 atom stereocenters. The van der Waals surface area contributed by atoms with Crippen LogP contribution in [0.4, 0.5) is 0 Å². The summed E-state index contributed by atoms with van der Waals surface area (Å²) in [6, 6.07) is 0. The van der Waals surface area contributed by atoms with Crippen molar-refractivity contribution in [2.75, 3.05) is 33.7 Å². The number of carbonyl (C=O) groups excluding carboxylic acids is 1. The molecule has 1 heterocycles. The molecule has 2 N–H and O–H groups in total. The van der Waals surface area contributed by atoms with Gasteiger partial charge in [-0.25, -0.2) is 9.98 Å². The molecule has 0 fully saturated rings. The van der Waals surface area contributed by atoms with Crippen LogP contribution in [0, 0.1) is 6.92 Å². The first-order valence-corrected chi connectivity index (χ1v) is 7.90. The van der Waals surface area contributed by atoms with Gasteiger partial charge in [0, 0.05) is 44.2 Å². The minimum absolute atomic E-state index is 0.0178. The molecule has 1 aromatic heterocycles. The standard InChI is InChI=1S/C14H25N5OS/c1-6-15-14(18-9-12(20)19(4)5)17-7-10(2)13-16-8-11(3)21-13/h8,10H,6-7,9H2,1-5H3,(H2,15,17,18). The highest BCUT2D eigenvalue weighted by molar-refractivity contribution is 7.11. The van der Waals surface area contributed by atoms with Crippen molar-refractivity contribution in [2.24, 2.45) is 4.99 Å². The summed E-state index contributed by atoms with van der Waals surface area (Å²) in [6.45, 7) is 7.81. The summed E-state index contributed by atoms with van der Waals surface area (Å²) in [5.74, 6) is 0.945. The van der Waals surface area contributed by atoms with E-state index in [1.165, 1.54) is 9.78 Å². The van der Waals surface area contributed by atoms with Gasteiger partial charge in [0.25, 0.3) is 0 Å². The molecule has 0 aliphatic rings. The number of rotatable bonds is 6. The Bertz CT molecular complexity index is 483. The van der Waals surface area contributed by atoms with Crippen LogP contribution in [0.2, 0.25) is 0 Å².